The molecular weight excluding hydrogens is 362 g/mol. The van der Waals surface area contributed by atoms with E-state index in [2.05, 4.69) is 5.32 Å². The zero-order valence-electron chi connectivity index (χ0n) is 15.9. The van der Waals surface area contributed by atoms with E-state index in [1.165, 1.54) is 0 Å². The van der Waals surface area contributed by atoms with Crippen LogP contribution in [0.5, 0.6) is 0 Å². The first-order chi connectivity index (χ1) is 13.3. The Labute approximate surface area is 163 Å². The Kier molecular flexibility index (Phi) is 7.45. The Morgan fingerprint density at radius 1 is 1.25 bits per heavy atom. The number of aromatic nitrogens is 1. The summed E-state index contributed by atoms with van der Waals surface area (Å²) in [5.41, 5.74) is 0.877. The minimum atomic E-state index is -1.39. The number of esters is 1. The molecule has 0 fully saturated rings. The van der Waals surface area contributed by atoms with Crippen molar-refractivity contribution in [2.75, 3.05) is 0 Å². The summed E-state index contributed by atoms with van der Waals surface area (Å²) >= 11 is 0. The summed E-state index contributed by atoms with van der Waals surface area (Å²) in [6.45, 7) is 3.36. The highest BCUT2D eigenvalue weighted by Gasteiger charge is 2.27. The van der Waals surface area contributed by atoms with E-state index in [0.29, 0.717) is 6.21 Å². The smallest absolute Gasteiger partial charge is 0.328 e. The van der Waals surface area contributed by atoms with E-state index in [0.717, 1.165) is 10.9 Å². The predicted molar refractivity (Wildman–Crippen MR) is 104 cm³/mol. The number of benzene rings is 1. The number of ether oxygens (including phenoxy) is 1. The Balaban J connectivity index is 2.04. The van der Waals surface area contributed by atoms with Gasteiger partial charge in [0.05, 0.1) is 18.9 Å². The molecule has 150 valence electrons. The molecular formula is C20H25N3O5. The second kappa shape index (κ2) is 9.80. The van der Waals surface area contributed by atoms with Crippen LogP contribution in [0.15, 0.2) is 36.5 Å². The third-order valence-corrected chi connectivity index (χ3v) is 4.15. The molecule has 2 rings (SSSR count). The first-order valence-electron chi connectivity index (χ1n) is 9.08. The molecule has 0 spiro atoms. The standard InChI is InChI=1S/C20H25N3O5/c1-13(2)28-20(27)16(8-7-15(24)11-21)22-19(26)18(25)12-23-10-9-14-5-3-4-6-17(14)23/h3-6,9-11,13,16,18,21,25H,7-8,12H2,1-2H3,(H,22,26)/t16-,18-/m0/s1. The predicted octanol–water partition coefficient (Wildman–Crippen LogP) is 1.44. The highest BCUT2D eigenvalue weighted by atomic mass is 16.5. The van der Waals surface area contributed by atoms with Crippen molar-refractivity contribution in [1.29, 1.82) is 5.41 Å². The lowest BCUT2D eigenvalue weighted by atomic mass is 10.1. The normalized spacial score (nSPS) is 13.1. The lowest BCUT2D eigenvalue weighted by molar-refractivity contribution is -0.152. The molecule has 3 N–H and O–H groups in total. The van der Waals surface area contributed by atoms with Gasteiger partial charge in [0, 0.05) is 18.1 Å². The van der Waals surface area contributed by atoms with Crippen molar-refractivity contribution in [3.8, 4) is 0 Å². The number of carbonyl (C=O) groups excluding carboxylic acids is 3. The van der Waals surface area contributed by atoms with Gasteiger partial charge in [-0.05, 0) is 37.8 Å². The van der Waals surface area contributed by atoms with Crippen LogP contribution in [0.4, 0.5) is 0 Å². The Morgan fingerprint density at radius 2 is 1.96 bits per heavy atom. The summed E-state index contributed by atoms with van der Waals surface area (Å²) < 4.78 is 6.86. The first-order valence-corrected chi connectivity index (χ1v) is 9.08. The maximum absolute atomic E-state index is 12.4. The number of hydrogen-bond donors (Lipinski definition) is 3. The van der Waals surface area contributed by atoms with E-state index in [9.17, 15) is 19.5 Å². The van der Waals surface area contributed by atoms with Gasteiger partial charge in [-0.15, -0.1) is 0 Å². The molecule has 0 aliphatic heterocycles. The highest BCUT2D eigenvalue weighted by molar-refractivity contribution is 6.26. The van der Waals surface area contributed by atoms with E-state index in [1.54, 1.807) is 24.6 Å². The monoisotopic (exact) mass is 387 g/mol. The fourth-order valence-corrected chi connectivity index (χ4v) is 2.76. The molecule has 2 atom stereocenters. The summed E-state index contributed by atoms with van der Waals surface area (Å²) in [5, 5.41) is 20.7. The zero-order chi connectivity index (χ0) is 20.7. The summed E-state index contributed by atoms with van der Waals surface area (Å²) in [4.78, 5) is 36.0. The number of rotatable bonds is 10. The van der Waals surface area contributed by atoms with Crippen molar-refractivity contribution < 1.29 is 24.2 Å². The number of hydrogen-bond acceptors (Lipinski definition) is 6. The quantitative estimate of drug-likeness (QED) is 0.421. The summed E-state index contributed by atoms with van der Waals surface area (Å²) in [6.07, 6.45) is 0.572. The fraction of sp³-hybridized carbons (Fsp3) is 0.400. The second-order valence-corrected chi connectivity index (χ2v) is 6.74. The molecule has 0 saturated heterocycles. The third-order valence-electron chi connectivity index (χ3n) is 4.15. The van der Waals surface area contributed by atoms with E-state index in [4.69, 9.17) is 10.1 Å². The zero-order valence-corrected chi connectivity index (χ0v) is 15.9. The van der Waals surface area contributed by atoms with Crippen LogP contribution in [0.3, 0.4) is 0 Å². The van der Waals surface area contributed by atoms with Gasteiger partial charge in [0.25, 0.3) is 5.91 Å². The second-order valence-electron chi connectivity index (χ2n) is 6.74. The third kappa shape index (κ3) is 5.75. The maximum atomic E-state index is 12.4. The molecule has 8 nitrogen and oxygen atoms in total. The number of carbonyl (C=O) groups is 3. The minimum absolute atomic E-state index is 0.00925. The molecule has 1 amide bonds. The number of para-hydroxylation sites is 1. The lowest BCUT2D eigenvalue weighted by Crippen LogP contribution is -2.47. The average molecular weight is 387 g/mol. The molecule has 0 aliphatic carbocycles. The van der Waals surface area contributed by atoms with Gasteiger partial charge in [0.1, 0.15) is 6.04 Å². The van der Waals surface area contributed by atoms with Crippen LogP contribution in [0.1, 0.15) is 26.7 Å². The van der Waals surface area contributed by atoms with Crippen molar-refractivity contribution in [3.05, 3.63) is 36.5 Å². The molecule has 0 bridgehead atoms. The molecule has 0 radical (unpaired) electrons. The van der Waals surface area contributed by atoms with Crippen molar-refractivity contribution >= 4 is 34.8 Å². The number of aliphatic hydroxyl groups excluding tert-OH is 1. The molecule has 1 aromatic heterocycles. The number of nitrogens with zero attached hydrogens (tertiary/aromatic N) is 1. The molecule has 2 aromatic rings. The van der Waals surface area contributed by atoms with Crippen LogP contribution >= 0.6 is 0 Å². The van der Waals surface area contributed by atoms with Gasteiger partial charge in [0.15, 0.2) is 11.9 Å². The Hall–Kier alpha value is -3.00. The highest BCUT2D eigenvalue weighted by Crippen LogP contribution is 2.15. The van der Waals surface area contributed by atoms with Crippen LogP contribution in [-0.2, 0) is 25.7 Å². The topological polar surface area (TPSA) is 121 Å². The van der Waals surface area contributed by atoms with Gasteiger partial charge < -0.3 is 25.1 Å². The van der Waals surface area contributed by atoms with Crippen molar-refractivity contribution in [1.82, 2.24) is 9.88 Å². The van der Waals surface area contributed by atoms with E-state index < -0.39 is 29.8 Å². The lowest BCUT2D eigenvalue weighted by Gasteiger charge is -2.21. The van der Waals surface area contributed by atoms with Gasteiger partial charge in [-0.25, -0.2) is 4.79 Å². The molecule has 1 aromatic carbocycles. The van der Waals surface area contributed by atoms with E-state index >= 15 is 0 Å². The number of fused-ring (bicyclic) bond motifs is 1. The minimum Gasteiger partial charge on any atom is -0.461 e. The van der Waals surface area contributed by atoms with Gasteiger partial charge >= 0.3 is 5.97 Å². The average Bonchev–Trinajstić information content (AvgIpc) is 3.06. The van der Waals surface area contributed by atoms with Crippen molar-refractivity contribution in [2.45, 2.75) is 51.5 Å². The first kappa shape index (κ1) is 21.3. The summed E-state index contributed by atoms with van der Waals surface area (Å²) in [5.74, 6) is -1.87. The largest absolute Gasteiger partial charge is 0.461 e. The maximum Gasteiger partial charge on any atom is 0.328 e. The number of ketones is 1. The van der Waals surface area contributed by atoms with Gasteiger partial charge in [-0.1, -0.05) is 18.2 Å². The van der Waals surface area contributed by atoms with Crippen LogP contribution in [0.25, 0.3) is 10.9 Å². The van der Waals surface area contributed by atoms with E-state index in [-0.39, 0.29) is 25.5 Å². The van der Waals surface area contributed by atoms with Crippen LogP contribution in [0.2, 0.25) is 0 Å². The molecule has 0 saturated carbocycles. The SMILES string of the molecule is CC(C)OC(=O)[C@H](CCC(=O)C=N)NC(=O)[C@@H](O)Cn1ccc2ccccc21. The van der Waals surface area contributed by atoms with Gasteiger partial charge in [-0.3, -0.25) is 9.59 Å². The Bertz CT molecular complexity index is 858. The van der Waals surface area contributed by atoms with E-state index in [1.807, 2.05) is 30.3 Å². The van der Waals surface area contributed by atoms with Crippen LogP contribution in [-0.4, -0.2) is 51.8 Å². The summed E-state index contributed by atoms with van der Waals surface area (Å²) in [6, 6.07) is 8.38. The molecule has 0 aliphatic rings. The number of nitrogens with one attached hydrogen (secondary N) is 2. The molecule has 8 heteroatoms. The fourth-order valence-electron chi connectivity index (χ4n) is 2.76. The van der Waals surface area contributed by atoms with Crippen molar-refractivity contribution in [3.63, 3.8) is 0 Å². The van der Waals surface area contributed by atoms with Crippen molar-refractivity contribution in [2.24, 2.45) is 0 Å². The number of amides is 1. The van der Waals surface area contributed by atoms with Gasteiger partial charge in [0.2, 0.25) is 0 Å². The Morgan fingerprint density at radius 3 is 2.64 bits per heavy atom. The molecule has 28 heavy (non-hydrogen) atoms. The number of aliphatic hydroxyl groups is 1. The van der Waals surface area contributed by atoms with Crippen LogP contribution in [0, 0.1) is 5.41 Å². The van der Waals surface area contributed by atoms with Crippen LogP contribution < -0.4 is 5.32 Å². The summed E-state index contributed by atoms with van der Waals surface area (Å²) in [7, 11) is 0. The molecule has 0 unspecified atom stereocenters. The van der Waals surface area contributed by atoms with Gasteiger partial charge in [-0.2, -0.15) is 0 Å². The number of Topliss-reactive ketones (excluding diaryl/α,β-unsaturated/α-hetero) is 1. The molecule has 1 heterocycles.